The topological polar surface area (TPSA) is 63.2 Å². The lowest BCUT2D eigenvalue weighted by atomic mass is 10.5. The fourth-order valence-corrected chi connectivity index (χ4v) is 3.52. The molecule has 102 valence electrons. The van der Waals surface area contributed by atoms with E-state index in [1.807, 2.05) is 12.3 Å². The number of thiazole rings is 1. The monoisotopic (exact) mass is 317 g/mol. The molecule has 2 aromatic heterocycles. The molecule has 0 saturated heterocycles. The summed E-state index contributed by atoms with van der Waals surface area (Å²) in [5, 5.41) is 2.91. The Balaban J connectivity index is 2.24. The normalized spacial score (nSPS) is 12.0. The molecule has 2 rings (SSSR count). The number of hydrogen-bond acceptors (Lipinski definition) is 5. The Morgan fingerprint density at radius 3 is 2.79 bits per heavy atom. The number of rotatable bonds is 4. The molecule has 8 heteroatoms. The van der Waals surface area contributed by atoms with Gasteiger partial charge in [-0.1, -0.05) is 11.6 Å². The zero-order valence-corrected chi connectivity index (χ0v) is 12.8. The molecule has 0 aliphatic carbocycles. The number of hydrogen-bond donors (Lipinski definition) is 0. The first kappa shape index (κ1) is 14.4. The van der Waals surface area contributed by atoms with Crippen LogP contribution in [-0.4, -0.2) is 29.7 Å². The molecule has 5 nitrogen and oxygen atoms in total. The summed E-state index contributed by atoms with van der Waals surface area (Å²) in [5.74, 6) is 0. The van der Waals surface area contributed by atoms with Crippen LogP contribution in [0.3, 0.4) is 0 Å². The van der Waals surface area contributed by atoms with Crippen molar-refractivity contribution in [2.45, 2.75) is 18.4 Å². The molecular formula is C11H12ClN3O2S2. The fraction of sp³-hybridized carbons (Fsp3) is 0.273. The van der Waals surface area contributed by atoms with Crippen LogP contribution in [0.1, 0.15) is 10.7 Å². The third-order valence-corrected chi connectivity index (χ3v) is 5.29. The lowest BCUT2D eigenvalue weighted by molar-refractivity contribution is 0.462. The van der Waals surface area contributed by atoms with Gasteiger partial charge in [-0.05, 0) is 19.1 Å². The molecule has 0 unspecified atom stereocenters. The van der Waals surface area contributed by atoms with E-state index in [0.29, 0.717) is 0 Å². The minimum absolute atomic E-state index is 0.127. The molecule has 19 heavy (non-hydrogen) atoms. The molecule has 0 atom stereocenters. The molecule has 0 saturated carbocycles. The van der Waals surface area contributed by atoms with Gasteiger partial charge in [0.15, 0.2) is 0 Å². The Hall–Kier alpha value is -1.02. The lowest BCUT2D eigenvalue weighted by Gasteiger charge is -2.15. The predicted molar refractivity (Wildman–Crippen MR) is 74.8 cm³/mol. The Labute approximate surface area is 120 Å². The van der Waals surface area contributed by atoms with E-state index in [9.17, 15) is 8.42 Å². The van der Waals surface area contributed by atoms with Crippen molar-refractivity contribution in [1.82, 2.24) is 14.3 Å². The minimum atomic E-state index is -3.58. The maximum absolute atomic E-state index is 12.3. The van der Waals surface area contributed by atoms with Gasteiger partial charge in [0, 0.05) is 18.6 Å². The van der Waals surface area contributed by atoms with E-state index in [1.165, 1.54) is 41.0 Å². The van der Waals surface area contributed by atoms with E-state index in [2.05, 4.69) is 9.97 Å². The summed E-state index contributed by atoms with van der Waals surface area (Å²) in [7, 11) is -2.06. The van der Waals surface area contributed by atoms with Crippen LogP contribution >= 0.6 is 22.9 Å². The van der Waals surface area contributed by atoms with Crippen LogP contribution in [0.2, 0.25) is 5.15 Å². The highest BCUT2D eigenvalue weighted by Gasteiger charge is 2.22. The molecule has 2 aromatic rings. The van der Waals surface area contributed by atoms with Crippen LogP contribution in [0.15, 0.2) is 28.6 Å². The van der Waals surface area contributed by atoms with Gasteiger partial charge in [0.2, 0.25) is 10.0 Å². The predicted octanol–water partition coefficient (Wildman–Crippen LogP) is 2.32. The highest BCUT2D eigenvalue weighted by molar-refractivity contribution is 7.89. The van der Waals surface area contributed by atoms with E-state index >= 15 is 0 Å². The summed E-state index contributed by atoms with van der Waals surface area (Å²) in [4.78, 5) is 8.15. The molecule has 0 aliphatic rings. The van der Waals surface area contributed by atoms with Crippen LogP contribution in [0.25, 0.3) is 0 Å². The van der Waals surface area contributed by atoms with Crippen molar-refractivity contribution < 1.29 is 8.42 Å². The zero-order chi connectivity index (χ0) is 14.0. The number of pyridine rings is 1. The lowest BCUT2D eigenvalue weighted by Crippen LogP contribution is -2.26. The van der Waals surface area contributed by atoms with Gasteiger partial charge in [-0.2, -0.15) is 4.31 Å². The highest BCUT2D eigenvalue weighted by Crippen LogP contribution is 2.19. The van der Waals surface area contributed by atoms with Crippen LogP contribution in [-0.2, 0) is 16.6 Å². The Morgan fingerprint density at radius 1 is 1.47 bits per heavy atom. The van der Waals surface area contributed by atoms with Gasteiger partial charge < -0.3 is 0 Å². The van der Waals surface area contributed by atoms with Gasteiger partial charge in [0.25, 0.3) is 0 Å². The summed E-state index contributed by atoms with van der Waals surface area (Å²) in [6.45, 7) is 2.11. The average molecular weight is 318 g/mol. The first-order valence-corrected chi connectivity index (χ1v) is 8.08. The molecule has 2 heterocycles. The smallest absolute Gasteiger partial charge is 0.243 e. The number of aromatic nitrogens is 2. The first-order valence-electron chi connectivity index (χ1n) is 5.38. The van der Waals surface area contributed by atoms with Crippen molar-refractivity contribution in [3.8, 4) is 0 Å². The standard InChI is InChI=1S/C11H12ClN3O2S2/c1-8-14-9(7-18-8)6-15(2)19(16,17)10-3-4-13-11(12)5-10/h3-5,7H,6H2,1-2H3. The molecule has 0 N–H and O–H groups in total. The van der Waals surface area contributed by atoms with E-state index in [0.717, 1.165) is 10.7 Å². The second kappa shape index (κ2) is 5.54. The van der Waals surface area contributed by atoms with Gasteiger partial charge in [0.05, 0.1) is 22.1 Å². The van der Waals surface area contributed by atoms with Crippen molar-refractivity contribution in [3.63, 3.8) is 0 Å². The van der Waals surface area contributed by atoms with Crippen molar-refractivity contribution in [2.24, 2.45) is 0 Å². The third-order valence-electron chi connectivity index (χ3n) is 2.46. The third kappa shape index (κ3) is 3.30. The number of aryl methyl sites for hydroxylation is 1. The quantitative estimate of drug-likeness (QED) is 0.812. The molecular weight excluding hydrogens is 306 g/mol. The van der Waals surface area contributed by atoms with E-state index in [-0.39, 0.29) is 16.6 Å². The van der Waals surface area contributed by atoms with Crippen LogP contribution in [0.4, 0.5) is 0 Å². The molecule has 0 fully saturated rings. The zero-order valence-electron chi connectivity index (χ0n) is 10.4. The molecule has 0 amide bonds. The SMILES string of the molecule is Cc1nc(CN(C)S(=O)(=O)c2ccnc(Cl)c2)cs1. The number of halogens is 1. The van der Waals surface area contributed by atoms with Crippen molar-refractivity contribution in [3.05, 3.63) is 39.6 Å². The molecule has 0 aromatic carbocycles. The van der Waals surface area contributed by atoms with Crippen molar-refractivity contribution in [2.75, 3.05) is 7.05 Å². The molecule has 0 spiro atoms. The van der Waals surface area contributed by atoms with Gasteiger partial charge in [-0.25, -0.2) is 18.4 Å². The largest absolute Gasteiger partial charge is 0.245 e. The van der Waals surface area contributed by atoms with Crippen LogP contribution in [0, 0.1) is 6.92 Å². The minimum Gasteiger partial charge on any atom is -0.245 e. The Bertz CT molecular complexity index is 685. The number of sulfonamides is 1. The summed E-state index contributed by atoms with van der Waals surface area (Å²) >= 11 is 7.21. The van der Waals surface area contributed by atoms with Crippen LogP contribution in [0.5, 0.6) is 0 Å². The molecule has 0 bridgehead atoms. The average Bonchev–Trinajstić information content (AvgIpc) is 2.74. The van der Waals surface area contributed by atoms with Crippen LogP contribution < -0.4 is 0 Å². The maximum atomic E-state index is 12.3. The van der Waals surface area contributed by atoms with E-state index in [4.69, 9.17) is 11.6 Å². The van der Waals surface area contributed by atoms with Crippen molar-refractivity contribution >= 4 is 33.0 Å². The maximum Gasteiger partial charge on any atom is 0.243 e. The van der Waals surface area contributed by atoms with Gasteiger partial charge in [-0.15, -0.1) is 11.3 Å². The van der Waals surface area contributed by atoms with Crippen molar-refractivity contribution in [1.29, 1.82) is 0 Å². The second-order valence-corrected chi connectivity index (χ2v) is 7.43. The second-order valence-electron chi connectivity index (χ2n) is 3.93. The van der Waals surface area contributed by atoms with E-state index < -0.39 is 10.0 Å². The molecule has 0 radical (unpaired) electrons. The first-order chi connectivity index (χ1) is 8.89. The Morgan fingerprint density at radius 2 is 2.21 bits per heavy atom. The summed E-state index contributed by atoms with van der Waals surface area (Å²) in [6.07, 6.45) is 1.37. The number of nitrogens with zero attached hydrogens (tertiary/aromatic N) is 3. The highest BCUT2D eigenvalue weighted by atomic mass is 35.5. The summed E-state index contributed by atoms with van der Waals surface area (Å²) in [5.41, 5.74) is 0.730. The van der Waals surface area contributed by atoms with Gasteiger partial charge in [-0.3, -0.25) is 0 Å². The summed E-state index contributed by atoms with van der Waals surface area (Å²) in [6, 6.07) is 2.75. The fourth-order valence-electron chi connectivity index (χ4n) is 1.52. The summed E-state index contributed by atoms with van der Waals surface area (Å²) < 4.78 is 25.9. The Kier molecular flexibility index (Phi) is 4.19. The molecule has 0 aliphatic heterocycles. The van der Waals surface area contributed by atoms with E-state index in [1.54, 1.807) is 0 Å². The van der Waals surface area contributed by atoms with Gasteiger partial charge >= 0.3 is 0 Å². The van der Waals surface area contributed by atoms with Gasteiger partial charge in [0.1, 0.15) is 5.15 Å².